The molecule has 0 spiro atoms. The molecule has 0 aromatic heterocycles. The highest BCUT2D eigenvalue weighted by atomic mass is 17.2. The Morgan fingerprint density at radius 2 is 1.32 bits per heavy atom. The molecule has 0 radical (unpaired) electrons. The molecule has 1 aliphatic rings. The third kappa shape index (κ3) is 3.42. The van der Waals surface area contributed by atoms with Crippen LogP contribution in [0.3, 0.4) is 0 Å². The molecule has 1 aromatic carbocycles. The molecule has 5 nitrogen and oxygen atoms in total. The van der Waals surface area contributed by atoms with E-state index in [4.69, 9.17) is 14.5 Å². The lowest BCUT2D eigenvalue weighted by molar-refractivity contribution is -0.0869. The van der Waals surface area contributed by atoms with E-state index >= 15 is 0 Å². The SMILES string of the molecule is CCC(C)(C)OC(=O)c1c2c(C(C)(C)C)c(O)c(C(C)(C)C)c1OO2. The van der Waals surface area contributed by atoms with Crippen LogP contribution >= 0.6 is 0 Å². The van der Waals surface area contributed by atoms with Gasteiger partial charge in [0, 0.05) is 11.1 Å². The third-order valence-electron chi connectivity index (χ3n) is 4.51. The average Bonchev–Trinajstić information content (AvgIpc) is 2.72. The Morgan fingerprint density at radius 1 is 0.920 bits per heavy atom. The normalized spacial score (nSPS) is 14.1. The van der Waals surface area contributed by atoms with E-state index in [-0.39, 0.29) is 22.8 Å². The largest absolute Gasteiger partial charge is 0.507 e. The molecule has 140 valence electrons. The van der Waals surface area contributed by atoms with E-state index in [9.17, 15) is 9.90 Å². The van der Waals surface area contributed by atoms with E-state index in [1.807, 2.05) is 62.3 Å². The highest BCUT2D eigenvalue weighted by Gasteiger charge is 2.44. The Labute approximate surface area is 150 Å². The minimum absolute atomic E-state index is 0.119. The lowest BCUT2D eigenvalue weighted by Gasteiger charge is -2.28. The van der Waals surface area contributed by atoms with Crippen molar-refractivity contribution in [1.29, 1.82) is 0 Å². The smallest absolute Gasteiger partial charge is 0.346 e. The van der Waals surface area contributed by atoms with Crippen LogP contribution in [0.15, 0.2) is 0 Å². The number of carbonyl (C=O) groups is 1. The Kier molecular flexibility index (Phi) is 4.52. The average molecular weight is 350 g/mol. The first-order chi connectivity index (χ1) is 11.2. The van der Waals surface area contributed by atoms with Gasteiger partial charge in [0.05, 0.1) is 0 Å². The summed E-state index contributed by atoms with van der Waals surface area (Å²) in [4.78, 5) is 23.7. The number of fused-ring (bicyclic) bond motifs is 2. The van der Waals surface area contributed by atoms with Crippen molar-refractivity contribution < 1.29 is 24.4 Å². The Hall–Kier alpha value is -1.91. The van der Waals surface area contributed by atoms with Crippen LogP contribution in [-0.2, 0) is 15.6 Å². The van der Waals surface area contributed by atoms with Crippen LogP contribution in [0.25, 0.3) is 0 Å². The standard InChI is InChI=1S/C20H30O5/c1-10-20(8,9)23-17(22)11-15-12(18(2,3)4)14(21)13(19(5,6)7)16(11)25-24-15/h21H,10H2,1-9H3. The second-order valence-electron chi connectivity index (χ2n) is 9.30. The summed E-state index contributed by atoms with van der Waals surface area (Å²) >= 11 is 0. The zero-order chi connectivity index (χ0) is 19.4. The Bertz CT molecular complexity index is 659. The number of esters is 1. The summed E-state index contributed by atoms with van der Waals surface area (Å²) in [6.07, 6.45) is 0.682. The van der Waals surface area contributed by atoms with Crippen LogP contribution in [0.5, 0.6) is 17.2 Å². The number of benzene rings is 1. The Morgan fingerprint density at radius 3 is 1.64 bits per heavy atom. The van der Waals surface area contributed by atoms with Crippen LogP contribution in [-0.4, -0.2) is 16.7 Å². The number of hydrogen-bond acceptors (Lipinski definition) is 5. The minimum atomic E-state index is -0.600. The van der Waals surface area contributed by atoms with Crippen molar-refractivity contribution in [2.75, 3.05) is 0 Å². The van der Waals surface area contributed by atoms with Gasteiger partial charge in [-0.25, -0.2) is 4.79 Å². The number of rotatable bonds is 3. The predicted octanol–water partition coefficient (Wildman–Crippen LogP) is 5.02. The van der Waals surface area contributed by atoms with Crippen molar-refractivity contribution in [2.24, 2.45) is 0 Å². The van der Waals surface area contributed by atoms with Gasteiger partial charge in [-0.2, -0.15) is 0 Å². The number of carbonyl (C=O) groups excluding carboxylic acids is 1. The van der Waals surface area contributed by atoms with Gasteiger partial charge in [0.25, 0.3) is 0 Å². The lowest BCUT2D eigenvalue weighted by Crippen LogP contribution is -2.27. The molecule has 2 rings (SSSR count). The zero-order valence-corrected chi connectivity index (χ0v) is 16.8. The van der Waals surface area contributed by atoms with Crippen molar-refractivity contribution in [2.45, 2.75) is 85.2 Å². The molecular formula is C20H30O5. The van der Waals surface area contributed by atoms with Gasteiger partial charge < -0.3 is 9.84 Å². The van der Waals surface area contributed by atoms with E-state index < -0.39 is 22.4 Å². The third-order valence-corrected chi connectivity index (χ3v) is 4.51. The first-order valence-electron chi connectivity index (χ1n) is 8.72. The molecular weight excluding hydrogens is 320 g/mol. The predicted molar refractivity (Wildman–Crippen MR) is 96.5 cm³/mol. The highest BCUT2D eigenvalue weighted by Crippen LogP contribution is 2.55. The quantitative estimate of drug-likeness (QED) is 0.612. The van der Waals surface area contributed by atoms with Crippen molar-refractivity contribution in [3.63, 3.8) is 0 Å². The van der Waals surface area contributed by atoms with Crippen LogP contribution in [0.1, 0.15) is 90.2 Å². The molecule has 0 atom stereocenters. The maximum Gasteiger partial charge on any atom is 0.346 e. The molecule has 2 bridgehead atoms. The van der Waals surface area contributed by atoms with Crippen LogP contribution < -0.4 is 9.78 Å². The van der Waals surface area contributed by atoms with Crippen LogP contribution in [0.2, 0.25) is 0 Å². The fourth-order valence-corrected chi connectivity index (χ4v) is 2.89. The van der Waals surface area contributed by atoms with E-state index in [1.165, 1.54) is 0 Å². The van der Waals surface area contributed by atoms with Gasteiger partial charge in [-0.3, -0.25) is 9.78 Å². The van der Waals surface area contributed by atoms with E-state index in [1.54, 1.807) is 0 Å². The van der Waals surface area contributed by atoms with Gasteiger partial charge in [-0.05, 0) is 31.1 Å². The van der Waals surface area contributed by atoms with Crippen LogP contribution in [0.4, 0.5) is 0 Å². The summed E-state index contributed by atoms with van der Waals surface area (Å²) < 4.78 is 5.67. The number of phenolic OH excluding ortho intramolecular Hbond substituents is 1. The molecule has 25 heavy (non-hydrogen) atoms. The van der Waals surface area contributed by atoms with E-state index in [0.717, 1.165) is 0 Å². The maximum absolute atomic E-state index is 12.9. The summed E-state index contributed by atoms with van der Waals surface area (Å²) in [5.74, 6) is 0.133. The summed E-state index contributed by atoms with van der Waals surface area (Å²) in [7, 11) is 0. The molecule has 0 unspecified atom stereocenters. The van der Waals surface area contributed by atoms with Gasteiger partial charge in [0.15, 0.2) is 5.56 Å². The summed E-state index contributed by atoms with van der Waals surface area (Å²) in [6, 6.07) is 0. The highest BCUT2D eigenvalue weighted by molar-refractivity contribution is 5.99. The minimum Gasteiger partial charge on any atom is -0.507 e. The van der Waals surface area contributed by atoms with Crippen LogP contribution in [0, 0.1) is 0 Å². The fraction of sp³-hybridized carbons (Fsp3) is 0.650. The monoisotopic (exact) mass is 350 g/mol. The van der Waals surface area contributed by atoms with Gasteiger partial charge in [0.2, 0.25) is 11.5 Å². The number of ether oxygens (including phenoxy) is 1. The van der Waals surface area contributed by atoms with Crippen molar-refractivity contribution in [1.82, 2.24) is 0 Å². The Balaban J connectivity index is 2.77. The zero-order valence-electron chi connectivity index (χ0n) is 16.8. The van der Waals surface area contributed by atoms with Gasteiger partial charge >= 0.3 is 5.97 Å². The number of aromatic hydroxyl groups is 1. The molecule has 0 saturated heterocycles. The molecule has 1 N–H and O–H groups in total. The summed E-state index contributed by atoms with van der Waals surface area (Å²) in [6.45, 7) is 17.4. The van der Waals surface area contributed by atoms with Gasteiger partial charge in [0.1, 0.15) is 11.4 Å². The summed E-state index contributed by atoms with van der Waals surface area (Å²) in [5.41, 5.74) is -0.117. The second-order valence-corrected chi connectivity index (χ2v) is 9.30. The first-order valence-corrected chi connectivity index (χ1v) is 8.72. The first kappa shape index (κ1) is 19.4. The summed E-state index contributed by atoms with van der Waals surface area (Å²) in [5, 5.41) is 10.9. The van der Waals surface area contributed by atoms with Crippen molar-refractivity contribution in [3.05, 3.63) is 16.7 Å². The molecule has 0 amide bonds. The van der Waals surface area contributed by atoms with Crippen molar-refractivity contribution >= 4 is 5.97 Å². The maximum atomic E-state index is 12.9. The molecule has 1 aromatic rings. The molecule has 0 fully saturated rings. The number of phenols is 1. The molecule has 1 heterocycles. The fourth-order valence-electron chi connectivity index (χ4n) is 2.89. The van der Waals surface area contributed by atoms with E-state index in [0.29, 0.717) is 17.5 Å². The topological polar surface area (TPSA) is 65.0 Å². The van der Waals surface area contributed by atoms with E-state index in [2.05, 4.69) is 0 Å². The molecule has 1 aliphatic heterocycles. The lowest BCUT2D eigenvalue weighted by atomic mass is 9.77. The number of hydrogen-bond donors (Lipinski definition) is 1. The second kappa shape index (κ2) is 5.82. The van der Waals surface area contributed by atoms with Gasteiger partial charge in [-0.15, -0.1) is 0 Å². The molecule has 5 heteroatoms. The van der Waals surface area contributed by atoms with Gasteiger partial charge in [-0.1, -0.05) is 48.5 Å². The molecule has 0 aliphatic carbocycles. The van der Waals surface area contributed by atoms with Crippen molar-refractivity contribution in [3.8, 4) is 17.2 Å². The molecule has 0 saturated carbocycles.